The van der Waals surface area contributed by atoms with E-state index in [9.17, 15) is 9.90 Å². The van der Waals surface area contributed by atoms with Gasteiger partial charge in [0.15, 0.2) is 0 Å². The van der Waals surface area contributed by atoms with Crippen molar-refractivity contribution in [3.8, 4) is 5.75 Å². The first-order valence-electron chi connectivity index (χ1n) is 12.6. The average molecular weight is 471 g/mol. The topological polar surface area (TPSA) is 62.7 Å². The van der Waals surface area contributed by atoms with Crippen LogP contribution in [0.3, 0.4) is 0 Å². The summed E-state index contributed by atoms with van der Waals surface area (Å²) in [6.07, 6.45) is 12.7. The zero-order chi connectivity index (χ0) is 23.0. The number of methoxy groups -OCH3 is 1. The van der Waals surface area contributed by atoms with Crippen LogP contribution in [-0.4, -0.2) is 58.7 Å². The highest BCUT2D eigenvalue weighted by molar-refractivity contribution is 7.99. The third-order valence-corrected chi connectivity index (χ3v) is 8.89. The number of aryl methyl sites for hydroxylation is 1. The maximum Gasteiger partial charge on any atom is 0.308 e. The molecular formula is C27H38N2O3S. The van der Waals surface area contributed by atoms with E-state index in [4.69, 9.17) is 4.74 Å². The van der Waals surface area contributed by atoms with Gasteiger partial charge < -0.3 is 14.7 Å². The lowest BCUT2D eigenvalue weighted by atomic mass is 9.81. The molecule has 0 unspecified atom stereocenters. The SMILES string of the molecule is COc1ccc2nccc(CCC[C@@H]3CCN(CCSC4CCCCC4)C[C@@H]3C(=O)O)c2c1. The Hall–Kier alpha value is -1.79. The second-order valence-corrected chi connectivity index (χ2v) is 11.1. The van der Waals surface area contributed by atoms with Crippen molar-refractivity contribution in [2.75, 3.05) is 32.5 Å². The molecule has 1 saturated carbocycles. The predicted octanol–water partition coefficient (Wildman–Crippen LogP) is 5.65. The first-order chi connectivity index (χ1) is 16.1. The van der Waals surface area contributed by atoms with Gasteiger partial charge in [0.05, 0.1) is 18.5 Å². The Morgan fingerprint density at radius 3 is 2.85 bits per heavy atom. The van der Waals surface area contributed by atoms with Crippen LogP contribution < -0.4 is 4.74 Å². The van der Waals surface area contributed by atoms with Gasteiger partial charge in [0.25, 0.3) is 0 Å². The second kappa shape index (κ2) is 12.1. The fourth-order valence-corrected chi connectivity index (χ4v) is 6.92. The molecule has 0 amide bonds. The van der Waals surface area contributed by atoms with Crippen molar-refractivity contribution < 1.29 is 14.6 Å². The number of likely N-dealkylation sites (tertiary alicyclic amines) is 1. The van der Waals surface area contributed by atoms with Crippen LogP contribution in [0.2, 0.25) is 0 Å². The van der Waals surface area contributed by atoms with Gasteiger partial charge in [-0.15, -0.1) is 0 Å². The number of hydrogen-bond donors (Lipinski definition) is 1. The van der Waals surface area contributed by atoms with E-state index < -0.39 is 5.97 Å². The van der Waals surface area contributed by atoms with E-state index in [1.54, 1.807) is 7.11 Å². The Morgan fingerprint density at radius 1 is 1.21 bits per heavy atom. The van der Waals surface area contributed by atoms with Crippen molar-refractivity contribution in [2.45, 2.75) is 63.0 Å². The summed E-state index contributed by atoms with van der Waals surface area (Å²) in [7, 11) is 1.68. The number of carboxylic acid groups (broad SMARTS) is 1. The van der Waals surface area contributed by atoms with Gasteiger partial charge in [0.1, 0.15) is 5.75 Å². The molecule has 0 radical (unpaired) electrons. The highest BCUT2D eigenvalue weighted by atomic mass is 32.2. The van der Waals surface area contributed by atoms with Crippen molar-refractivity contribution in [1.29, 1.82) is 0 Å². The van der Waals surface area contributed by atoms with Crippen molar-refractivity contribution in [3.63, 3.8) is 0 Å². The van der Waals surface area contributed by atoms with Crippen LogP contribution in [0.5, 0.6) is 5.75 Å². The summed E-state index contributed by atoms with van der Waals surface area (Å²) in [5.74, 6) is 1.39. The first kappa shape index (κ1) is 24.3. The second-order valence-electron chi connectivity index (χ2n) is 9.67. The van der Waals surface area contributed by atoms with Crippen molar-refractivity contribution in [2.24, 2.45) is 11.8 Å². The van der Waals surface area contributed by atoms with Gasteiger partial charge in [0.2, 0.25) is 0 Å². The average Bonchev–Trinajstić information content (AvgIpc) is 2.85. The molecule has 6 heteroatoms. The van der Waals surface area contributed by atoms with Gasteiger partial charge in [-0.2, -0.15) is 11.8 Å². The summed E-state index contributed by atoms with van der Waals surface area (Å²) in [6.45, 7) is 2.78. The number of thioether (sulfide) groups is 1. The monoisotopic (exact) mass is 470 g/mol. The number of hydrogen-bond acceptors (Lipinski definition) is 5. The van der Waals surface area contributed by atoms with Crippen LogP contribution in [0, 0.1) is 11.8 Å². The number of piperidine rings is 1. The molecular weight excluding hydrogens is 432 g/mol. The molecule has 2 fully saturated rings. The van der Waals surface area contributed by atoms with Gasteiger partial charge in [0, 0.05) is 35.7 Å². The van der Waals surface area contributed by atoms with Crippen molar-refractivity contribution in [3.05, 3.63) is 36.0 Å². The zero-order valence-electron chi connectivity index (χ0n) is 19.9. The van der Waals surface area contributed by atoms with E-state index >= 15 is 0 Å². The number of carbonyl (C=O) groups is 1. The molecule has 1 aromatic heterocycles. The van der Waals surface area contributed by atoms with E-state index in [1.807, 2.05) is 18.3 Å². The van der Waals surface area contributed by atoms with Crippen LogP contribution >= 0.6 is 11.8 Å². The Kier molecular flexibility index (Phi) is 8.90. The van der Waals surface area contributed by atoms with E-state index in [2.05, 4.69) is 33.8 Å². The number of aromatic nitrogens is 1. The maximum atomic E-state index is 12.1. The molecule has 1 aliphatic heterocycles. The smallest absolute Gasteiger partial charge is 0.308 e. The van der Waals surface area contributed by atoms with Gasteiger partial charge in [-0.25, -0.2) is 0 Å². The summed E-state index contributed by atoms with van der Waals surface area (Å²) in [4.78, 5) is 18.9. The van der Waals surface area contributed by atoms with E-state index in [0.717, 1.165) is 66.4 Å². The Morgan fingerprint density at radius 2 is 2.06 bits per heavy atom. The van der Waals surface area contributed by atoms with E-state index in [1.165, 1.54) is 37.7 Å². The molecule has 0 spiro atoms. The van der Waals surface area contributed by atoms with Crippen LogP contribution in [0.4, 0.5) is 0 Å². The lowest BCUT2D eigenvalue weighted by Crippen LogP contribution is -2.44. The van der Waals surface area contributed by atoms with Crippen LogP contribution in [0.15, 0.2) is 30.5 Å². The van der Waals surface area contributed by atoms with Gasteiger partial charge >= 0.3 is 5.97 Å². The van der Waals surface area contributed by atoms with Crippen LogP contribution in [-0.2, 0) is 11.2 Å². The van der Waals surface area contributed by atoms with Crippen LogP contribution in [0.1, 0.15) is 56.9 Å². The third-order valence-electron chi connectivity index (χ3n) is 7.53. The molecule has 1 aliphatic carbocycles. The van der Waals surface area contributed by atoms with E-state index in [-0.39, 0.29) is 11.8 Å². The molecule has 180 valence electrons. The first-order valence-corrected chi connectivity index (χ1v) is 13.7. The summed E-state index contributed by atoms with van der Waals surface area (Å²) >= 11 is 2.11. The minimum Gasteiger partial charge on any atom is -0.497 e. The number of benzene rings is 1. The van der Waals surface area contributed by atoms with Gasteiger partial charge in [-0.3, -0.25) is 9.78 Å². The fraction of sp³-hybridized carbons (Fsp3) is 0.630. The number of carboxylic acids is 1. The molecule has 2 heterocycles. The minimum absolute atomic E-state index is 0.243. The quantitative estimate of drug-likeness (QED) is 0.484. The Bertz CT molecular complexity index is 915. The maximum absolute atomic E-state index is 12.1. The Balaban J connectivity index is 1.27. The molecule has 1 N–H and O–H groups in total. The number of fused-ring (bicyclic) bond motifs is 1. The highest BCUT2D eigenvalue weighted by Gasteiger charge is 2.33. The van der Waals surface area contributed by atoms with Gasteiger partial charge in [-0.1, -0.05) is 19.3 Å². The molecule has 5 nitrogen and oxygen atoms in total. The molecule has 33 heavy (non-hydrogen) atoms. The lowest BCUT2D eigenvalue weighted by Gasteiger charge is -2.37. The highest BCUT2D eigenvalue weighted by Crippen LogP contribution is 2.31. The standard InChI is InChI=1S/C27H38N2O3S/c1-32-22-10-11-26-24(18-22)20(12-14-28-26)6-5-7-21-13-15-29(19-25(21)27(30)31)16-17-33-23-8-3-2-4-9-23/h10-12,14,18,21,23,25H,2-9,13,15-17,19H2,1H3,(H,30,31)/t21-,25+/m1/s1. The molecule has 2 atom stereocenters. The van der Waals surface area contributed by atoms with Crippen LogP contribution in [0.25, 0.3) is 10.9 Å². The third kappa shape index (κ3) is 6.63. The number of rotatable bonds is 10. The molecule has 4 rings (SSSR count). The normalized spacial score (nSPS) is 22.5. The molecule has 2 aromatic rings. The minimum atomic E-state index is -0.622. The molecule has 1 aromatic carbocycles. The summed E-state index contributed by atoms with van der Waals surface area (Å²) < 4.78 is 5.39. The number of aliphatic carboxylic acids is 1. The Labute approximate surface area is 202 Å². The predicted molar refractivity (Wildman–Crippen MR) is 136 cm³/mol. The van der Waals surface area contributed by atoms with Gasteiger partial charge in [-0.05, 0) is 80.8 Å². The zero-order valence-corrected chi connectivity index (χ0v) is 20.7. The number of nitrogens with zero attached hydrogens (tertiary/aromatic N) is 2. The molecule has 0 bridgehead atoms. The van der Waals surface area contributed by atoms with Crippen molar-refractivity contribution in [1.82, 2.24) is 9.88 Å². The van der Waals surface area contributed by atoms with Crippen molar-refractivity contribution >= 4 is 28.6 Å². The number of ether oxygens (including phenoxy) is 1. The molecule has 2 aliphatic rings. The van der Waals surface area contributed by atoms with E-state index in [0.29, 0.717) is 6.54 Å². The lowest BCUT2D eigenvalue weighted by molar-refractivity contribution is -0.146. The largest absolute Gasteiger partial charge is 0.497 e. The fourth-order valence-electron chi connectivity index (χ4n) is 5.56. The summed E-state index contributed by atoms with van der Waals surface area (Å²) in [5, 5.41) is 11.9. The summed E-state index contributed by atoms with van der Waals surface area (Å²) in [6, 6.07) is 8.09. The number of pyridine rings is 1. The summed E-state index contributed by atoms with van der Waals surface area (Å²) in [5.41, 5.74) is 2.25. The molecule has 1 saturated heterocycles.